The Labute approximate surface area is 107 Å². The third-order valence-electron chi connectivity index (χ3n) is 3.58. The van der Waals surface area contributed by atoms with Crippen molar-refractivity contribution >= 4 is 0 Å². The Balaban J connectivity index is 2.39. The van der Waals surface area contributed by atoms with Crippen LogP contribution in [0.5, 0.6) is 17.2 Å². The summed E-state index contributed by atoms with van der Waals surface area (Å²) in [5.41, 5.74) is 1.03. The highest BCUT2D eigenvalue weighted by molar-refractivity contribution is 5.54. The van der Waals surface area contributed by atoms with Gasteiger partial charge in [0.1, 0.15) is 17.2 Å². The van der Waals surface area contributed by atoms with E-state index < -0.39 is 0 Å². The van der Waals surface area contributed by atoms with Crippen molar-refractivity contribution in [3.8, 4) is 17.2 Å². The largest absolute Gasteiger partial charge is 0.496 e. The molecule has 0 aliphatic heterocycles. The summed E-state index contributed by atoms with van der Waals surface area (Å²) in [5.74, 6) is 2.84. The van der Waals surface area contributed by atoms with Gasteiger partial charge in [-0.3, -0.25) is 0 Å². The average Bonchev–Trinajstić information content (AvgIpc) is 3.17. The van der Waals surface area contributed by atoms with Gasteiger partial charge in [-0.2, -0.15) is 0 Å². The van der Waals surface area contributed by atoms with E-state index in [0.29, 0.717) is 17.6 Å². The minimum Gasteiger partial charge on any atom is -0.496 e. The van der Waals surface area contributed by atoms with Gasteiger partial charge in [0.2, 0.25) is 0 Å². The number of hydrogen-bond acceptors (Lipinski definition) is 4. The molecule has 0 amide bonds. The van der Waals surface area contributed by atoms with Crippen molar-refractivity contribution in [2.75, 3.05) is 21.3 Å². The van der Waals surface area contributed by atoms with Crippen molar-refractivity contribution in [3.05, 3.63) is 17.7 Å². The van der Waals surface area contributed by atoms with Crippen LogP contribution in [0.4, 0.5) is 0 Å². The monoisotopic (exact) mass is 252 g/mol. The molecule has 2 rings (SSSR count). The number of ether oxygens (including phenoxy) is 3. The molecule has 4 heteroatoms. The molecule has 0 saturated heterocycles. The van der Waals surface area contributed by atoms with E-state index >= 15 is 0 Å². The summed E-state index contributed by atoms with van der Waals surface area (Å²) < 4.78 is 16.1. The molecule has 1 aliphatic carbocycles. The zero-order valence-electron chi connectivity index (χ0n) is 11.3. The van der Waals surface area contributed by atoms with Crippen LogP contribution in [0.2, 0.25) is 0 Å². The van der Waals surface area contributed by atoms with Crippen molar-refractivity contribution in [1.29, 1.82) is 0 Å². The standard InChI is InChI=1S/C14H20O4/c1-8(15)10-7-11(10)14-12(17-3)5-9(16-2)6-13(14)18-4/h5-6,8,10-11,15H,7H2,1-4H3/t8-,10+,11-/m1/s1. The summed E-state index contributed by atoms with van der Waals surface area (Å²) in [4.78, 5) is 0. The highest BCUT2D eigenvalue weighted by atomic mass is 16.5. The Hall–Kier alpha value is -1.42. The van der Waals surface area contributed by atoms with Crippen molar-refractivity contribution < 1.29 is 19.3 Å². The van der Waals surface area contributed by atoms with Gasteiger partial charge in [0.05, 0.1) is 27.4 Å². The van der Waals surface area contributed by atoms with Gasteiger partial charge in [0, 0.05) is 17.7 Å². The van der Waals surface area contributed by atoms with E-state index in [1.807, 2.05) is 19.1 Å². The van der Waals surface area contributed by atoms with Crippen LogP contribution in [0.25, 0.3) is 0 Å². The second-order valence-corrected chi connectivity index (χ2v) is 4.69. The lowest BCUT2D eigenvalue weighted by Gasteiger charge is -2.15. The molecule has 0 aromatic heterocycles. The fourth-order valence-electron chi connectivity index (χ4n) is 2.48. The summed E-state index contributed by atoms with van der Waals surface area (Å²) >= 11 is 0. The maximum absolute atomic E-state index is 9.65. The van der Waals surface area contributed by atoms with E-state index in [0.717, 1.165) is 23.5 Å². The molecule has 0 heterocycles. The van der Waals surface area contributed by atoms with Gasteiger partial charge in [-0.05, 0) is 25.2 Å². The van der Waals surface area contributed by atoms with Crippen LogP contribution in [-0.2, 0) is 0 Å². The predicted molar refractivity (Wildman–Crippen MR) is 68.6 cm³/mol. The number of rotatable bonds is 5. The van der Waals surface area contributed by atoms with Crippen LogP contribution in [0.15, 0.2) is 12.1 Å². The Morgan fingerprint density at radius 3 is 2.00 bits per heavy atom. The second-order valence-electron chi connectivity index (χ2n) is 4.69. The first-order chi connectivity index (χ1) is 8.62. The van der Waals surface area contributed by atoms with Crippen LogP contribution in [-0.4, -0.2) is 32.5 Å². The van der Waals surface area contributed by atoms with Crippen molar-refractivity contribution in [3.63, 3.8) is 0 Å². The smallest absolute Gasteiger partial charge is 0.129 e. The van der Waals surface area contributed by atoms with Crippen molar-refractivity contribution in [2.45, 2.75) is 25.4 Å². The Morgan fingerprint density at radius 1 is 1.11 bits per heavy atom. The first-order valence-corrected chi connectivity index (χ1v) is 6.10. The highest BCUT2D eigenvalue weighted by Gasteiger charge is 2.44. The van der Waals surface area contributed by atoms with Gasteiger partial charge in [-0.25, -0.2) is 0 Å². The Morgan fingerprint density at radius 2 is 1.67 bits per heavy atom. The summed E-state index contributed by atoms with van der Waals surface area (Å²) in [7, 11) is 4.89. The van der Waals surface area contributed by atoms with E-state index in [4.69, 9.17) is 14.2 Å². The molecule has 1 aliphatic rings. The molecule has 1 aromatic rings. The number of aliphatic hydroxyl groups is 1. The SMILES string of the molecule is COc1cc(OC)c([C@@H]2C[C@H]2[C@@H](C)O)c(OC)c1. The molecule has 3 atom stereocenters. The molecule has 0 unspecified atom stereocenters. The van der Waals surface area contributed by atoms with Crippen LogP contribution >= 0.6 is 0 Å². The average molecular weight is 252 g/mol. The first kappa shape index (κ1) is 13.0. The molecule has 18 heavy (non-hydrogen) atoms. The van der Waals surface area contributed by atoms with Crippen LogP contribution in [0.1, 0.15) is 24.8 Å². The summed E-state index contributed by atoms with van der Waals surface area (Å²) in [5, 5.41) is 9.65. The van der Waals surface area contributed by atoms with Gasteiger partial charge in [0.15, 0.2) is 0 Å². The van der Waals surface area contributed by atoms with Gasteiger partial charge >= 0.3 is 0 Å². The lowest BCUT2D eigenvalue weighted by atomic mass is 10.0. The number of hydrogen-bond donors (Lipinski definition) is 1. The molecule has 0 spiro atoms. The molecule has 1 fully saturated rings. The topological polar surface area (TPSA) is 47.9 Å². The molecule has 100 valence electrons. The molecule has 1 N–H and O–H groups in total. The summed E-state index contributed by atoms with van der Waals surface area (Å²) in [6.45, 7) is 1.83. The number of aliphatic hydroxyl groups excluding tert-OH is 1. The van der Waals surface area contributed by atoms with Crippen molar-refractivity contribution in [1.82, 2.24) is 0 Å². The fourth-order valence-corrected chi connectivity index (χ4v) is 2.48. The molecular formula is C14H20O4. The quantitative estimate of drug-likeness (QED) is 0.872. The molecule has 0 radical (unpaired) electrons. The summed E-state index contributed by atoms with van der Waals surface area (Å²) in [6.07, 6.45) is 0.669. The third kappa shape index (κ3) is 2.25. The van der Waals surface area contributed by atoms with E-state index in [1.165, 1.54) is 0 Å². The second kappa shape index (κ2) is 5.06. The van der Waals surface area contributed by atoms with Crippen LogP contribution in [0.3, 0.4) is 0 Å². The molecule has 1 saturated carbocycles. The maximum atomic E-state index is 9.65. The van der Waals surface area contributed by atoms with Gasteiger partial charge in [-0.1, -0.05) is 0 Å². The molecule has 1 aromatic carbocycles. The third-order valence-corrected chi connectivity index (χ3v) is 3.58. The maximum Gasteiger partial charge on any atom is 0.129 e. The van der Waals surface area contributed by atoms with E-state index in [2.05, 4.69) is 0 Å². The number of benzene rings is 1. The lowest BCUT2D eigenvalue weighted by molar-refractivity contribution is 0.168. The lowest BCUT2D eigenvalue weighted by Crippen LogP contribution is -2.05. The van der Waals surface area contributed by atoms with Gasteiger partial charge in [0.25, 0.3) is 0 Å². The van der Waals surface area contributed by atoms with Crippen molar-refractivity contribution in [2.24, 2.45) is 5.92 Å². The minimum absolute atomic E-state index is 0.293. The molecular weight excluding hydrogens is 232 g/mol. The fraction of sp³-hybridized carbons (Fsp3) is 0.571. The van der Waals surface area contributed by atoms with E-state index in [-0.39, 0.29) is 6.10 Å². The summed E-state index contributed by atoms with van der Waals surface area (Å²) in [6, 6.07) is 3.71. The van der Waals surface area contributed by atoms with E-state index in [9.17, 15) is 5.11 Å². The molecule has 4 nitrogen and oxygen atoms in total. The molecule has 0 bridgehead atoms. The Kier molecular flexibility index (Phi) is 3.66. The zero-order chi connectivity index (χ0) is 13.3. The Bertz CT molecular complexity index is 403. The zero-order valence-corrected chi connectivity index (χ0v) is 11.3. The van der Waals surface area contributed by atoms with Gasteiger partial charge in [-0.15, -0.1) is 0 Å². The first-order valence-electron chi connectivity index (χ1n) is 6.10. The predicted octanol–water partition coefficient (Wildman–Crippen LogP) is 2.20. The highest BCUT2D eigenvalue weighted by Crippen LogP contribution is 2.55. The van der Waals surface area contributed by atoms with Crippen LogP contribution < -0.4 is 14.2 Å². The minimum atomic E-state index is -0.300. The van der Waals surface area contributed by atoms with Crippen LogP contribution in [0, 0.1) is 5.92 Å². The number of methoxy groups -OCH3 is 3. The van der Waals surface area contributed by atoms with Gasteiger partial charge < -0.3 is 19.3 Å². The normalized spacial score (nSPS) is 23.4. The van der Waals surface area contributed by atoms with E-state index in [1.54, 1.807) is 21.3 Å².